The van der Waals surface area contributed by atoms with E-state index in [1.165, 1.54) is 6.92 Å². The van der Waals surface area contributed by atoms with Crippen LogP contribution >= 0.6 is 0 Å². The van der Waals surface area contributed by atoms with Crippen LogP contribution in [0.15, 0.2) is 0 Å². The second-order valence-electron chi connectivity index (χ2n) is 6.18. The van der Waals surface area contributed by atoms with Gasteiger partial charge in [0.1, 0.15) is 12.2 Å². The molecule has 2 heterocycles. The number of cyclic esters (lactones) is 1. The molecule has 142 valence electrons. The molecule has 2 aliphatic heterocycles. The summed E-state index contributed by atoms with van der Waals surface area (Å²) in [6.07, 6.45) is -5.25. The first-order valence-electron chi connectivity index (χ1n) is 8.09. The largest absolute Gasteiger partial charge is 0.452 e. The first-order valence-corrected chi connectivity index (χ1v) is 8.09. The average Bonchev–Trinajstić information content (AvgIpc) is 2.53. The lowest BCUT2D eigenvalue weighted by molar-refractivity contribution is -0.333. The van der Waals surface area contributed by atoms with Gasteiger partial charge in [-0.2, -0.15) is 0 Å². The van der Waals surface area contributed by atoms with Crippen LogP contribution in [0, 0.1) is 0 Å². The molecule has 10 heteroatoms. The lowest BCUT2D eigenvalue weighted by atomic mass is 9.86. The van der Waals surface area contributed by atoms with Gasteiger partial charge in [0, 0.05) is 13.3 Å². The number of aliphatic hydroxyl groups is 3. The average molecular weight is 361 g/mol. The molecule has 25 heavy (non-hydrogen) atoms. The van der Waals surface area contributed by atoms with E-state index in [9.17, 15) is 24.6 Å². The number of ether oxygens (including phenoxy) is 3. The van der Waals surface area contributed by atoms with Crippen molar-refractivity contribution in [1.29, 1.82) is 0 Å². The minimum absolute atomic E-state index is 0.0387. The molecule has 0 aliphatic carbocycles. The number of fused-ring (bicyclic) bond motifs is 2. The highest BCUT2D eigenvalue weighted by atomic mass is 16.8. The van der Waals surface area contributed by atoms with Crippen LogP contribution < -0.4 is 5.32 Å². The number of esters is 2. The molecule has 2 fully saturated rings. The van der Waals surface area contributed by atoms with Crippen LogP contribution in [0.1, 0.15) is 33.1 Å². The van der Waals surface area contributed by atoms with Gasteiger partial charge in [-0.3, -0.25) is 9.59 Å². The minimum Gasteiger partial charge on any atom is -0.452 e. The van der Waals surface area contributed by atoms with E-state index in [1.807, 2.05) is 0 Å². The molecule has 2 bridgehead atoms. The van der Waals surface area contributed by atoms with Gasteiger partial charge in [0.25, 0.3) is 0 Å². The second kappa shape index (κ2) is 7.65. The molecule has 1 amide bonds. The fourth-order valence-corrected chi connectivity index (χ4v) is 3.01. The predicted molar refractivity (Wildman–Crippen MR) is 79.8 cm³/mol. The summed E-state index contributed by atoms with van der Waals surface area (Å²) in [5, 5.41) is 31.9. The van der Waals surface area contributed by atoms with E-state index in [0.717, 1.165) is 0 Å². The van der Waals surface area contributed by atoms with Crippen molar-refractivity contribution in [2.24, 2.45) is 0 Å². The van der Waals surface area contributed by atoms with Gasteiger partial charge in [-0.1, -0.05) is 6.92 Å². The Bertz CT molecular complexity index is 537. The minimum atomic E-state index is -2.14. The molecular weight excluding hydrogens is 338 g/mol. The summed E-state index contributed by atoms with van der Waals surface area (Å²) >= 11 is 0. The molecule has 2 saturated heterocycles. The molecule has 0 aromatic rings. The van der Waals surface area contributed by atoms with E-state index in [-0.39, 0.29) is 6.42 Å². The van der Waals surface area contributed by atoms with Crippen LogP contribution in [0.5, 0.6) is 0 Å². The highest BCUT2D eigenvalue weighted by Crippen LogP contribution is 2.39. The molecule has 0 aromatic heterocycles. The van der Waals surface area contributed by atoms with Crippen molar-refractivity contribution in [1.82, 2.24) is 5.32 Å². The Morgan fingerprint density at radius 1 is 1.48 bits per heavy atom. The van der Waals surface area contributed by atoms with E-state index in [0.29, 0.717) is 6.42 Å². The van der Waals surface area contributed by atoms with Crippen LogP contribution in [-0.4, -0.2) is 76.0 Å². The summed E-state index contributed by atoms with van der Waals surface area (Å²) in [7, 11) is 0. The fraction of sp³-hybridized carbons (Fsp3) is 0.800. The molecule has 6 atom stereocenters. The van der Waals surface area contributed by atoms with Crippen LogP contribution in [0.4, 0.5) is 0 Å². The number of hydrogen-bond donors (Lipinski definition) is 4. The molecule has 0 radical (unpaired) electrons. The third-order valence-corrected chi connectivity index (χ3v) is 4.12. The second-order valence-corrected chi connectivity index (χ2v) is 6.18. The van der Waals surface area contributed by atoms with Gasteiger partial charge in [-0.15, -0.1) is 0 Å². The maximum Gasteiger partial charge on any atom is 0.380 e. The molecule has 4 N–H and O–H groups in total. The molecule has 0 aromatic carbocycles. The topological polar surface area (TPSA) is 152 Å². The van der Waals surface area contributed by atoms with Crippen LogP contribution in [-0.2, 0) is 28.6 Å². The SMILES string of the molecule is CCCC(=O)OC12CC(O)C(NC(C)=O)C(O1)C(C(O)CO)OC2=O. The van der Waals surface area contributed by atoms with Crippen molar-refractivity contribution < 1.29 is 43.9 Å². The van der Waals surface area contributed by atoms with Crippen LogP contribution in [0.25, 0.3) is 0 Å². The number of carbonyl (C=O) groups is 3. The number of hydrogen-bond acceptors (Lipinski definition) is 9. The van der Waals surface area contributed by atoms with E-state index in [4.69, 9.17) is 19.3 Å². The van der Waals surface area contributed by atoms with Gasteiger partial charge in [-0.05, 0) is 6.42 Å². The van der Waals surface area contributed by atoms with Crippen molar-refractivity contribution in [2.45, 2.75) is 69.4 Å². The molecule has 2 aliphatic rings. The molecule has 0 saturated carbocycles. The van der Waals surface area contributed by atoms with Gasteiger partial charge in [0.05, 0.1) is 25.2 Å². The lowest BCUT2D eigenvalue weighted by Gasteiger charge is -2.51. The third kappa shape index (κ3) is 3.92. The Kier molecular flexibility index (Phi) is 5.99. The first-order chi connectivity index (χ1) is 11.7. The number of aliphatic hydroxyl groups excluding tert-OH is 3. The predicted octanol–water partition coefficient (Wildman–Crippen LogP) is -2.04. The summed E-state index contributed by atoms with van der Waals surface area (Å²) in [4.78, 5) is 35.6. The zero-order chi connectivity index (χ0) is 18.8. The summed E-state index contributed by atoms with van der Waals surface area (Å²) in [6, 6.07) is -1.02. The van der Waals surface area contributed by atoms with Crippen LogP contribution in [0.3, 0.4) is 0 Å². The molecule has 10 nitrogen and oxygen atoms in total. The zero-order valence-corrected chi connectivity index (χ0v) is 14.0. The van der Waals surface area contributed by atoms with E-state index in [2.05, 4.69) is 5.32 Å². The Balaban J connectivity index is 2.33. The Labute approximate surface area is 144 Å². The molecule has 6 unspecified atom stereocenters. The third-order valence-electron chi connectivity index (χ3n) is 4.12. The fourth-order valence-electron chi connectivity index (χ4n) is 3.01. The molecule has 0 spiro atoms. The Morgan fingerprint density at radius 3 is 2.72 bits per heavy atom. The standard InChI is InChI=1S/C15H23NO9/c1-3-4-10(21)24-15-5-8(19)11(16-7(2)18)13(25-15)12(9(20)6-17)23-14(15)22/h8-9,11-13,17,19-20H,3-6H2,1-2H3,(H,16,18). The Morgan fingerprint density at radius 2 is 2.16 bits per heavy atom. The van der Waals surface area contributed by atoms with Gasteiger partial charge >= 0.3 is 17.7 Å². The summed E-state index contributed by atoms with van der Waals surface area (Å²) < 4.78 is 15.9. The lowest BCUT2D eigenvalue weighted by Crippen LogP contribution is -2.72. The van der Waals surface area contributed by atoms with Gasteiger partial charge in [-0.25, -0.2) is 4.79 Å². The highest BCUT2D eigenvalue weighted by Gasteiger charge is 2.63. The number of amides is 1. The van der Waals surface area contributed by atoms with Gasteiger partial charge in [0.15, 0.2) is 6.10 Å². The first kappa shape index (κ1) is 19.6. The van der Waals surface area contributed by atoms with Crippen molar-refractivity contribution in [3.8, 4) is 0 Å². The smallest absolute Gasteiger partial charge is 0.380 e. The maximum atomic E-state index is 12.4. The highest BCUT2D eigenvalue weighted by molar-refractivity contribution is 5.83. The normalized spacial score (nSPS) is 35.5. The van der Waals surface area contributed by atoms with Crippen molar-refractivity contribution >= 4 is 17.8 Å². The van der Waals surface area contributed by atoms with Crippen molar-refractivity contribution in [3.05, 3.63) is 0 Å². The Hall–Kier alpha value is -1.75. The maximum absolute atomic E-state index is 12.4. The van der Waals surface area contributed by atoms with E-state index >= 15 is 0 Å². The van der Waals surface area contributed by atoms with E-state index < -0.39 is 67.1 Å². The van der Waals surface area contributed by atoms with Crippen LogP contribution in [0.2, 0.25) is 0 Å². The summed E-state index contributed by atoms with van der Waals surface area (Å²) in [5.41, 5.74) is 0. The summed E-state index contributed by atoms with van der Waals surface area (Å²) in [6.45, 7) is 2.24. The van der Waals surface area contributed by atoms with Gasteiger partial charge in [0.2, 0.25) is 5.91 Å². The zero-order valence-electron chi connectivity index (χ0n) is 14.0. The number of rotatable bonds is 6. The van der Waals surface area contributed by atoms with E-state index in [1.54, 1.807) is 6.92 Å². The number of nitrogens with one attached hydrogen (secondary N) is 1. The quantitative estimate of drug-likeness (QED) is 0.392. The monoisotopic (exact) mass is 361 g/mol. The van der Waals surface area contributed by atoms with Gasteiger partial charge < -0.3 is 34.8 Å². The molecular formula is C15H23NO9. The molecule has 2 rings (SSSR count). The van der Waals surface area contributed by atoms with Crippen molar-refractivity contribution in [2.75, 3.05) is 6.61 Å². The van der Waals surface area contributed by atoms with Crippen molar-refractivity contribution in [3.63, 3.8) is 0 Å². The number of carbonyl (C=O) groups excluding carboxylic acids is 3. The summed E-state index contributed by atoms with van der Waals surface area (Å²) in [5.74, 6) is -4.40.